The van der Waals surface area contributed by atoms with Crippen molar-refractivity contribution >= 4 is 16.9 Å². The van der Waals surface area contributed by atoms with E-state index >= 15 is 0 Å². The molecule has 0 aliphatic rings. The monoisotopic (exact) mass is 246 g/mol. The molecule has 0 radical (unpaired) electrons. The molecule has 18 heavy (non-hydrogen) atoms. The topological polar surface area (TPSA) is 59.5 Å². The van der Waals surface area contributed by atoms with Crippen molar-refractivity contribution < 1.29 is 9.21 Å². The highest BCUT2D eigenvalue weighted by Gasteiger charge is 2.23. The van der Waals surface area contributed by atoms with E-state index in [4.69, 9.17) is 10.2 Å². The van der Waals surface area contributed by atoms with E-state index in [0.29, 0.717) is 12.3 Å². The van der Waals surface area contributed by atoms with Gasteiger partial charge in [0.15, 0.2) is 5.76 Å². The standard InChI is InChI=1S/C14H18N2O2/c1-9(8-15)16(3)14(17)13-10(2)11-6-4-5-7-12(11)18-13/h4-7,9H,8,15H2,1-3H3. The number of rotatable bonds is 3. The number of hydrogen-bond acceptors (Lipinski definition) is 3. The number of hydrogen-bond donors (Lipinski definition) is 1. The maximum Gasteiger partial charge on any atom is 0.289 e. The van der Waals surface area contributed by atoms with Crippen molar-refractivity contribution in [2.24, 2.45) is 5.73 Å². The summed E-state index contributed by atoms with van der Waals surface area (Å²) in [6.45, 7) is 4.25. The van der Waals surface area contributed by atoms with Gasteiger partial charge in [-0.05, 0) is 19.9 Å². The first-order chi connectivity index (χ1) is 8.56. The number of furan rings is 1. The van der Waals surface area contributed by atoms with Gasteiger partial charge in [0.25, 0.3) is 5.91 Å². The van der Waals surface area contributed by atoms with Gasteiger partial charge in [0.2, 0.25) is 0 Å². The van der Waals surface area contributed by atoms with Crippen LogP contribution < -0.4 is 5.73 Å². The Morgan fingerprint density at radius 3 is 2.72 bits per heavy atom. The summed E-state index contributed by atoms with van der Waals surface area (Å²) in [5.41, 5.74) is 7.20. The maximum absolute atomic E-state index is 12.3. The summed E-state index contributed by atoms with van der Waals surface area (Å²) < 4.78 is 5.64. The van der Waals surface area contributed by atoms with Crippen molar-refractivity contribution in [3.63, 3.8) is 0 Å². The SMILES string of the molecule is Cc1c(C(=O)N(C)C(C)CN)oc2ccccc12. The Balaban J connectivity index is 2.42. The highest BCUT2D eigenvalue weighted by molar-refractivity contribution is 5.98. The van der Waals surface area contributed by atoms with Gasteiger partial charge in [0, 0.05) is 30.6 Å². The van der Waals surface area contributed by atoms with Gasteiger partial charge in [-0.1, -0.05) is 18.2 Å². The van der Waals surface area contributed by atoms with Crippen LogP contribution in [0.15, 0.2) is 28.7 Å². The number of fused-ring (bicyclic) bond motifs is 1. The third kappa shape index (κ3) is 1.99. The Hall–Kier alpha value is -1.81. The molecule has 1 aromatic carbocycles. The second kappa shape index (κ2) is 4.82. The van der Waals surface area contributed by atoms with Crippen LogP contribution in [0.2, 0.25) is 0 Å². The average Bonchev–Trinajstić information content (AvgIpc) is 2.74. The van der Waals surface area contributed by atoms with Crippen molar-refractivity contribution in [1.29, 1.82) is 0 Å². The fourth-order valence-electron chi connectivity index (χ4n) is 1.90. The van der Waals surface area contributed by atoms with Gasteiger partial charge in [0.1, 0.15) is 5.58 Å². The molecule has 1 aromatic heterocycles. The Bertz CT molecular complexity index is 574. The lowest BCUT2D eigenvalue weighted by Gasteiger charge is -2.22. The summed E-state index contributed by atoms with van der Waals surface area (Å²) >= 11 is 0. The molecule has 0 saturated carbocycles. The zero-order chi connectivity index (χ0) is 13.3. The molecule has 1 unspecified atom stereocenters. The van der Waals surface area contributed by atoms with E-state index in [1.165, 1.54) is 0 Å². The molecular formula is C14H18N2O2. The third-order valence-electron chi connectivity index (χ3n) is 3.36. The molecule has 2 N–H and O–H groups in total. The highest BCUT2D eigenvalue weighted by Crippen LogP contribution is 2.25. The second-order valence-corrected chi connectivity index (χ2v) is 4.55. The quantitative estimate of drug-likeness (QED) is 0.902. The summed E-state index contributed by atoms with van der Waals surface area (Å²) in [6, 6.07) is 7.64. The van der Waals surface area contributed by atoms with Crippen LogP contribution in [-0.4, -0.2) is 30.4 Å². The van der Waals surface area contributed by atoms with Crippen LogP contribution in [0, 0.1) is 6.92 Å². The zero-order valence-electron chi connectivity index (χ0n) is 10.9. The molecule has 0 bridgehead atoms. The highest BCUT2D eigenvalue weighted by atomic mass is 16.3. The van der Waals surface area contributed by atoms with Crippen LogP contribution in [0.25, 0.3) is 11.0 Å². The van der Waals surface area contributed by atoms with Crippen LogP contribution >= 0.6 is 0 Å². The van der Waals surface area contributed by atoms with Gasteiger partial charge in [-0.3, -0.25) is 4.79 Å². The second-order valence-electron chi connectivity index (χ2n) is 4.55. The molecule has 96 valence electrons. The predicted molar refractivity (Wildman–Crippen MR) is 71.6 cm³/mol. The number of carbonyl (C=O) groups is 1. The Kier molecular flexibility index (Phi) is 3.39. The minimum absolute atomic E-state index is 0.00916. The minimum atomic E-state index is -0.123. The lowest BCUT2D eigenvalue weighted by molar-refractivity contribution is 0.0717. The molecule has 0 fully saturated rings. The van der Waals surface area contributed by atoms with E-state index in [0.717, 1.165) is 16.5 Å². The summed E-state index contributed by atoms with van der Waals surface area (Å²) in [5, 5.41) is 0.981. The van der Waals surface area contributed by atoms with E-state index in [-0.39, 0.29) is 11.9 Å². The molecule has 0 saturated heterocycles. The largest absolute Gasteiger partial charge is 0.451 e. The van der Waals surface area contributed by atoms with E-state index in [2.05, 4.69) is 0 Å². The Labute approximate surface area is 106 Å². The Morgan fingerprint density at radius 2 is 2.11 bits per heavy atom. The molecule has 2 aromatic rings. The fraction of sp³-hybridized carbons (Fsp3) is 0.357. The van der Waals surface area contributed by atoms with Crippen LogP contribution in [0.4, 0.5) is 0 Å². The zero-order valence-corrected chi connectivity index (χ0v) is 10.9. The average molecular weight is 246 g/mol. The number of carbonyl (C=O) groups excluding carboxylic acids is 1. The Morgan fingerprint density at radius 1 is 1.44 bits per heavy atom. The minimum Gasteiger partial charge on any atom is -0.451 e. The number of benzene rings is 1. The number of nitrogens with zero attached hydrogens (tertiary/aromatic N) is 1. The van der Waals surface area contributed by atoms with Crippen LogP contribution in [-0.2, 0) is 0 Å². The number of likely N-dealkylation sites (N-methyl/N-ethyl adjacent to an activating group) is 1. The van der Waals surface area contributed by atoms with E-state index < -0.39 is 0 Å². The lowest BCUT2D eigenvalue weighted by Crippen LogP contribution is -2.39. The van der Waals surface area contributed by atoms with Crippen molar-refractivity contribution in [2.75, 3.05) is 13.6 Å². The first kappa shape index (κ1) is 12.6. The number of aryl methyl sites for hydroxylation is 1. The molecule has 0 aliphatic heterocycles. The first-order valence-electron chi connectivity index (χ1n) is 6.01. The first-order valence-corrected chi connectivity index (χ1v) is 6.01. The van der Waals surface area contributed by atoms with Crippen LogP contribution in [0.1, 0.15) is 23.0 Å². The van der Waals surface area contributed by atoms with E-state index in [9.17, 15) is 4.79 Å². The number of para-hydroxylation sites is 1. The molecule has 1 amide bonds. The summed E-state index contributed by atoms with van der Waals surface area (Å²) in [5.74, 6) is 0.278. The van der Waals surface area contributed by atoms with Crippen LogP contribution in [0.5, 0.6) is 0 Å². The molecule has 1 heterocycles. The maximum atomic E-state index is 12.3. The lowest BCUT2D eigenvalue weighted by atomic mass is 10.1. The molecule has 0 aliphatic carbocycles. The molecular weight excluding hydrogens is 228 g/mol. The van der Waals surface area contributed by atoms with E-state index in [1.807, 2.05) is 38.1 Å². The van der Waals surface area contributed by atoms with Crippen LogP contribution in [0.3, 0.4) is 0 Å². The van der Waals surface area contributed by atoms with E-state index in [1.54, 1.807) is 11.9 Å². The predicted octanol–water partition coefficient (Wildman–Crippen LogP) is 2.16. The van der Waals surface area contributed by atoms with Gasteiger partial charge in [-0.2, -0.15) is 0 Å². The fourth-order valence-corrected chi connectivity index (χ4v) is 1.90. The molecule has 4 nitrogen and oxygen atoms in total. The third-order valence-corrected chi connectivity index (χ3v) is 3.36. The van der Waals surface area contributed by atoms with Gasteiger partial charge in [-0.15, -0.1) is 0 Å². The number of amides is 1. The molecule has 1 atom stereocenters. The van der Waals surface area contributed by atoms with Crippen molar-refractivity contribution in [1.82, 2.24) is 4.90 Å². The van der Waals surface area contributed by atoms with Gasteiger partial charge in [0.05, 0.1) is 0 Å². The van der Waals surface area contributed by atoms with Gasteiger partial charge < -0.3 is 15.1 Å². The molecule has 4 heteroatoms. The summed E-state index contributed by atoms with van der Waals surface area (Å²) in [7, 11) is 1.74. The smallest absolute Gasteiger partial charge is 0.289 e. The molecule has 2 rings (SSSR count). The van der Waals surface area contributed by atoms with Crippen molar-refractivity contribution in [2.45, 2.75) is 19.9 Å². The summed E-state index contributed by atoms with van der Waals surface area (Å²) in [6.07, 6.45) is 0. The van der Waals surface area contributed by atoms with Crippen molar-refractivity contribution in [3.05, 3.63) is 35.6 Å². The number of nitrogens with two attached hydrogens (primary N) is 1. The van der Waals surface area contributed by atoms with Crippen molar-refractivity contribution in [3.8, 4) is 0 Å². The normalized spacial score (nSPS) is 12.7. The summed E-state index contributed by atoms with van der Waals surface area (Å²) in [4.78, 5) is 13.9. The van der Waals surface area contributed by atoms with Gasteiger partial charge >= 0.3 is 0 Å². The molecule has 0 spiro atoms. The van der Waals surface area contributed by atoms with Gasteiger partial charge in [-0.25, -0.2) is 0 Å².